The van der Waals surface area contributed by atoms with Gasteiger partial charge in [0.2, 0.25) is 0 Å². The molecule has 3 aromatic rings. The van der Waals surface area contributed by atoms with Crippen LogP contribution >= 0.6 is 0 Å². The summed E-state index contributed by atoms with van der Waals surface area (Å²) in [7, 11) is 1.34. The van der Waals surface area contributed by atoms with Gasteiger partial charge in [-0.15, -0.1) is 0 Å². The number of ether oxygens (including phenoxy) is 1. The number of anilines is 3. The van der Waals surface area contributed by atoms with Gasteiger partial charge >= 0.3 is 5.97 Å². The zero-order valence-electron chi connectivity index (χ0n) is 15.0. The molecule has 1 heterocycles. The minimum Gasteiger partial charge on any atom is -0.465 e. The molecule has 0 saturated heterocycles. The van der Waals surface area contributed by atoms with Crippen LogP contribution in [0.25, 0.3) is 0 Å². The first-order chi connectivity index (χ1) is 13.1. The number of methoxy groups -OCH3 is 1. The van der Waals surface area contributed by atoms with Crippen LogP contribution in [-0.2, 0) is 4.74 Å². The summed E-state index contributed by atoms with van der Waals surface area (Å²) in [5, 5.41) is 5.96. The Morgan fingerprint density at radius 1 is 0.926 bits per heavy atom. The summed E-state index contributed by atoms with van der Waals surface area (Å²) in [6.07, 6.45) is 1.54. The van der Waals surface area contributed by atoms with Crippen LogP contribution in [0.3, 0.4) is 0 Å². The van der Waals surface area contributed by atoms with Gasteiger partial charge in [0.1, 0.15) is 5.69 Å². The fraction of sp³-hybridized carbons (Fsp3) is 0.0952. The number of esters is 1. The van der Waals surface area contributed by atoms with E-state index in [9.17, 15) is 9.59 Å². The van der Waals surface area contributed by atoms with Crippen LogP contribution in [0.2, 0.25) is 0 Å². The monoisotopic (exact) mass is 361 g/mol. The molecule has 0 aliphatic rings. The highest BCUT2D eigenvalue weighted by atomic mass is 16.5. The van der Waals surface area contributed by atoms with Gasteiger partial charge in [-0.1, -0.05) is 30.3 Å². The Bertz CT molecular complexity index is 968. The molecule has 0 spiro atoms. The predicted octanol–water partition coefficient (Wildman–Crippen LogP) is 4.17. The van der Waals surface area contributed by atoms with E-state index in [2.05, 4.69) is 15.6 Å². The molecule has 2 aromatic carbocycles. The Hall–Kier alpha value is -3.67. The van der Waals surface area contributed by atoms with Crippen molar-refractivity contribution in [2.75, 3.05) is 17.7 Å². The van der Waals surface area contributed by atoms with Gasteiger partial charge in [0.15, 0.2) is 0 Å². The number of amides is 1. The third kappa shape index (κ3) is 4.30. The van der Waals surface area contributed by atoms with E-state index < -0.39 is 5.97 Å². The average molecular weight is 361 g/mol. The van der Waals surface area contributed by atoms with E-state index in [4.69, 9.17) is 4.74 Å². The zero-order chi connectivity index (χ0) is 19.2. The second-order valence-corrected chi connectivity index (χ2v) is 5.86. The van der Waals surface area contributed by atoms with E-state index in [-0.39, 0.29) is 5.91 Å². The normalized spacial score (nSPS) is 10.1. The third-order valence-electron chi connectivity index (χ3n) is 4.00. The van der Waals surface area contributed by atoms with Crippen LogP contribution in [0, 0.1) is 6.92 Å². The van der Waals surface area contributed by atoms with Gasteiger partial charge in [0, 0.05) is 5.69 Å². The van der Waals surface area contributed by atoms with Gasteiger partial charge < -0.3 is 15.4 Å². The van der Waals surface area contributed by atoms with E-state index >= 15 is 0 Å². The SMILES string of the molecule is COC(=O)c1ccccc1Nc1ccc(C(=O)Nc2ccccc2C)nc1. The van der Waals surface area contributed by atoms with Crippen molar-refractivity contribution in [3.8, 4) is 0 Å². The summed E-state index contributed by atoms with van der Waals surface area (Å²) < 4.78 is 4.78. The number of nitrogens with zero attached hydrogens (tertiary/aromatic N) is 1. The first-order valence-corrected chi connectivity index (χ1v) is 8.36. The predicted molar refractivity (Wildman–Crippen MR) is 104 cm³/mol. The van der Waals surface area contributed by atoms with Crippen LogP contribution in [0.15, 0.2) is 66.9 Å². The fourth-order valence-electron chi connectivity index (χ4n) is 2.54. The summed E-state index contributed by atoms with van der Waals surface area (Å²) in [4.78, 5) is 28.4. The third-order valence-corrected chi connectivity index (χ3v) is 4.00. The highest BCUT2D eigenvalue weighted by molar-refractivity contribution is 6.03. The molecule has 27 heavy (non-hydrogen) atoms. The lowest BCUT2D eigenvalue weighted by molar-refractivity contribution is 0.0601. The van der Waals surface area contributed by atoms with Gasteiger partial charge in [0.25, 0.3) is 5.91 Å². The van der Waals surface area contributed by atoms with Crippen LogP contribution in [0.4, 0.5) is 17.1 Å². The van der Waals surface area contributed by atoms with Crippen molar-refractivity contribution in [3.63, 3.8) is 0 Å². The molecule has 136 valence electrons. The molecule has 1 aromatic heterocycles. The standard InChI is InChI=1S/C21H19N3O3/c1-14-7-3-5-9-17(14)24-20(25)19-12-11-15(13-22-19)23-18-10-6-4-8-16(18)21(26)27-2/h3-13,23H,1-2H3,(H,24,25). The number of hydrogen-bond acceptors (Lipinski definition) is 5. The number of para-hydroxylation sites is 2. The maximum Gasteiger partial charge on any atom is 0.339 e. The number of carbonyl (C=O) groups excluding carboxylic acids is 2. The summed E-state index contributed by atoms with van der Waals surface area (Å²) in [6.45, 7) is 1.93. The number of hydrogen-bond donors (Lipinski definition) is 2. The van der Waals surface area contributed by atoms with Crippen molar-refractivity contribution in [2.24, 2.45) is 0 Å². The lowest BCUT2D eigenvalue weighted by atomic mass is 10.1. The summed E-state index contributed by atoms with van der Waals surface area (Å²) in [5.41, 5.74) is 3.69. The van der Waals surface area contributed by atoms with E-state index in [1.807, 2.05) is 37.3 Å². The minimum absolute atomic E-state index is 0.286. The molecule has 6 heteroatoms. The highest BCUT2D eigenvalue weighted by Crippen LogP contribution is 2.21. The molecule has 0 saturated carbocycles. The smallest absolute Gasteiger partial charge is 0.339 e. The quantitative estimate of drug-likeness (QED) is 0.667. The molecule has 0 aliphatic carbocycles. The minimum atomic E-state index is -0.430. The number of aryl methyl sites for hydroxylation is 1. The number of rotatable bonds is 5. The number of pyridine rings is 1. The molecular weight excluding hydrogens is 342 g/mol. The van der Waals surface area contributed by atoms with Crippen LogP contribution in [-0.4, -0.2) is 24.0 Å². The molecule has 2 N–H and O–H groups in total. The maximum atomic E-state index is 12.4. The van der Waals surface area contributed by atoms with Crippen LogP contribution < -0.4 is 10.6 Å². The van der Waals surface area contributed by atoms with E-state index in [1.165, 1.54) is 7.11 Å². The van der Waals surface area contributed by atoms with Crippen molar-refractivity contribution in [1.29, 1.82) is 0 Å². The fourth-order valence-corrected chi connectivity index (χ4v) is 2.54. The van der Waals surface area contributed by atoms with Crippen molar-refractivity contribution in [2.45, 2.75) is 6.92 Å². The Labute approximate surface area is 157 Å². The molecule has 0 atom stereocenters. The molecule has 0 bridgehead atoms. The van der Waals surface area contributed by atoms with Gasteiger partial charge in [-0.2, -0.15) is 0 Å². The molecule has 0 aliphatic heterocycles. The number of nitrogens with one attached hydrogen (secondary N) is 2. The van der Waals surface area contributed by atoms with Crippen molar-refractivity contribution < 1.29 is 14.3 Å². The lowest BCUT2D eigenvalue weighted by Crippen LogP contribution is -2.14. The van der Waals surface area contributed by atoms with Crippen LogP contribution in [0.1, 0.15) is 26.4 Å². The maximum absolute atomic E-state index is 12.4. The second-order valence-electron chi connectivity index (χ2n) is 5.86. The molecular formula is C21H19N3O3. The first kappa shape index (κ1) is 18.1. The molecule has 1 amide bonds. The average Bonchev–Trinajstić information content (AvgIpc) is 2.70. The lowest BCUT2D eigenvalue weighted by Gasteiger charge is -2.11. The van der Waals surface area contributed by atoms with Crippen molar-refractivity contribution >= 4 is 28.9 Å². The zero-order valence-corrected chi connectivity index (χ0v) is 15.0. The Kier molecular flexibility index (Phi) is 5.47. The van der Waals surface area contributed by atoms with Crippen molar-refractivity contribution in [3.05, 3.63) is 83.7 Å². The Morgan fingerprint density at radius 2 is 1.63 bits per heavy atom. The molecule has 0 radical (unpaired) electrons. The van der Waals surface area contributed by atoms with E-state index in [1.54, 1.807) is 36.5 Å². The molecule has 0 fully saturated rings. The topological polar surface area (TPSA) is 80.3 Å². The van der Waals surface area contributed by atoms with E-state index in [0.29, 0.717) is 22.6 Å². The molecule has 6 nitrogen and oxygen atoms in total. The number of carbonyl (C=O) groups is 2. The van der Waals surface area contributed by atoms with Gasteiger partial charge in [-0.05, 0) is 42.8 Å². The molecule has 3 rings (SSSR count). The van der Waals surface area contributed by atoms with Crippen LogP contribution in [0.5, 0.6) is 0 Å². The number of benzene rings is 2. The Balaban J connectivity index is 1.74. The first-order valence-electron chi connectivity index (χ1n) is 8.36. The molecule has 0 unspecified atom stereocenters. The summed E-state index contributed by atoms with van der Waals surface area (Å²) in [6, 6.07) is 17.9. The van der Waals surface area contributed by atoms with Crippen molar-refractivity contribution in [1.82, 2.24) is 4.98 Å². The van der Waals surface area contributed by atoms with E-state index in [0.717, 1.165) is 11.3 Å². The van der Waals surface area contributed by atoms with Gasteiger partial charge in [-0.3, -0.25) is 4.79 Å². The van der Waals surface area contributed by atoms with Gasteiger partial charge in [0.05, 0.1) is 30.2 Å². The second kappa shape index (κ2) is 8.14. The summed E-state index contributed by atoms with van der Waals surface area (Å²) >= 11 is 0. The Morgan fingerprint density at radius 3 is 2.30 bits per heavy atom. The van der Waals surface area contributed by atoms with Gasteiger partial charge in [-0.25, -0.2) is 9.78 Å². The largest absolute Gasteiger partial charge is 0.465 e. The number of aromatic nitrogens is 1. The highest BCUT2D eigenvalue weighted by Gasteiger charge is 2.12. The summed E-state index contributed by atoms with van der Waals surface area (Å²) in [5.74, 6) is -0.717.